The van der Waals surface area contributed by atoms with Crippen LogP contribution in [0.25, 0.3) is 0 Å². The van der Waals surface area contributed by atoms with Gasteiger partial charge in [0.2, 0.25) is 0 Å². The first-order chi connectivity index (χ1) is 14.9. The summed E-state index contributed by atoms with van der Waals surface area (Å²) in [6.45, 7) is 5.28. The maximum absolute atomic E-state index is 13.2. The first-order valence-corrected chi connectivity index (χ1v) is 10.5. The fourth-order valence-corrected chi connectivity index (χ4v) is 4.45. The SMILES string of the molecule is CCOC(=O)C[C@@H]1CC(C(=O)OCC)(C(=O)OCC)[C@H](c2ccc(OC)cc2)[C@H]1C=O. The van der Waals surface area contributed by atoms with E-state index in [-0.39, 0.29) is 32.7 Å². The summed E-state index contributed by atoms with van der Waals surface area (Å²) in [5.41, 5.74) is -1.16. The number of carbonyl (C=O) groups is 4. The van der Waals surface area contributed by atoms with Gasteiger partial charge in [-0.1, -0.05) is 12.1 Å². The largest absolute Gasteiger partial charge is 0.497 e. The van der Waals surface area contributed by atoms with Crippen molar-refractivity contribution in [2.24, 2.45) is 17.3 Å². The number of hydrogen-bond acceptors (Lipinski definition) is 8. The second-order valence-electron chi connectivity index (χ2n) is 7.35. The third-order valence-corrected chi connectivity index (χ3v) is 5.69. The first-order valence-electron chi connectivity index (χ1n) is 10.5. The Hall–Kier alpha value is -2.90. The van der Waals surface area contributed by atoms with Crippen LogP contribution in [0.3, 0.4) is 0 Å². The molecule has 0 aliphatic heterocycles. The number of hydrogen-bond donors (Lipinski definition) is 0. The van der Waals surface area contributed by atoms with E-state index in [1.54, 1.807) is 45.0 Å². The zero-order valence-corrected chi connectivity index (χ0v) is 18.4. The summed E-state index contributed by atoms with van der Waals surface area (Å²) in [5.74, 6) is -3.64. The van der Waals surface area contributed by atoms with E-state index in [1.165, 1.54) is 7.11 Å². The lowest BCUT2D eigenvalue weighted by molar-refractivity contribution is -0.173. The molecule has 0 N–H and O–H groups in total. The molecular weight excluding hydrogens is 404 g/mol. The van der Waals surface area contributed by atoms with Gasteiger partial charge in [0.25, 0.3) is 0 Å². The molecule has 170 valence electrons. The van der Waals surface area contributed by atoms with E-state index in [0.29, 0.717) is 17.6 Å². The molecule has 1 aliphatic carbocycles. The molecule has 1 aliphatic rings. The lowest BCUT2D eigenvalue weighted by Crippen LogP contribution is -2.45. The lowest BCUT2D eigenvalue weighted by Gasteiger charge is -2.32. The van der Waals surface area contributed by atoms with Crippen molar-refractivity contribution in [1.82, 2.24) is 0 Å². The maximum atomic E-state index is 13.2. The van der Waals surface area contributed by atoms with Crippen molar-refractivity contribution < 1.29 is 38.1 Å². The van der Waals surface area contributed by atoms with Crippen LogP contribution in [0.1, 0.15) is 45.1 Å². The number of methoxy groups -OCH3 is 1. The molecule has 0 aromatic heterocycles. The Morgan fingerprint density at radius 1 is 0.968 bits per heavy atom. The molecule has 31 heavy (non-hydrogen) atoms. The van der Waals surface area contributed by atoms with Crippen molar-refractivity contribution in [3.05, 3.63) is 29.8 Å². The second-order valence-corrected chi connectivity index (χ2v) is 7.35. The summed E-state index contributed by atoms with van der Waals surface area (Å²) in [6.07, 6.45) is 0.563. The lowest BCUT2D eigenvalue weighted by atomic mass is 9.71. The Kier molecular flexibility index (Phi) is 8.59. The van der Waals surface area contributed by atoms with Crippen LogP contribution in [0.5, 0.6) is 5.75 Å². The van der Waals surface area contributed by atoms with E-state index in [2.05, 4.69) is 0 Å². The summed E-state index contributed by atoms with van der Waals surface area (Å²) in [4.78, 5) is 50.9. The predicted octanol–water partition coefficient (Wildman–Crippen LogP) is 2.68. The van der Waals surface area contributed by atoms with E-state index in [1.807, 2.05) is 0 Å². The Morgan fingerprint density at radius 3 is 1.97 bits per heavy atom. The van der Waals surface area contributed by atoms with Crippen molar-refractivity contribution in [2.75, 3.05) is 26.9 Å². The third-order valence-electron chi connectivity index (χ3n) is 5.69. The molecule has 2 rings (SSSR count). The van der Waals surface area contributed by atoms with Gasteiger partial charge in [-0.05, 0) is 50.8 Å². The van der Waals surface area contributed by atoms with Gasteiger partial charge in [-0.25, -0.2) is 0 Å². The third kappa shape index (κ3) is 4.89. The van der Waals surface area contributed by atoms with Gasteiger partial charge in [0.1, 0.15) is 12.0 Å². The summed E-state index contributed by atoms with van der Waals surface area (Å²) >= 11 is 0. The highest BCUT2D eigenvalue weighted by Crippen LogP contribution is 2.57. The molecule has 0 radical (unpaired) electrons. The fourth-order valence-electron chi connectivity index (χ4n) is 4.45. The summed E-state index contributed by atoms with van der Waals surface area (Å²) in [6, 6.07) is 6.80. The van der Waals surface area contributed by atoms with Crippen LogP contribution in [-0.2, 0) is 33.4 Å². The smallest absolute Gasteiger partial charge is 0.324 e. The average Bonchev–Trinajstić information content (AvgIpc) is 3.09. The maximum Gasteiger partial charge on any atom is 0.324 e. The van der Waals surface area contributed by atoms with Crippen molar-refractivity contribution in [2.45, 2.75) is 39.5 Å². The van der Waals surface area contributed by atoms with Crippen LogP contribution in [0, 0.1) is 17.3 Å². The molecule has 8 heteroatoms. The van der Waals surface area contributed by atoms with E-state index < -0.39 is 41.1 Å². The standard InChI is InChI=1S/C23H30O8/c1-5-29-19(25)12-16-13-23(21(26)30-6-2,22(27)31-7-3)20(18(16)14-24)15-8-10-17(28-4)11-9-15/h8-11,14,16,18,20H,5-7,12-13H2,1-4H3/t16-,18+,20-/m1/s1. The molecule has 0 bridgehead atoms. The van der Waals surface area contributed by atoms with Crippen molar-refractivity contribution in [3.8, 4) is 5.75 Å². The first kappa shape index (κ1) is 24.4. The van der Waals surface area contributed by atoms with Crippen LogP contribution in [0.15, 0.2) is 24.3 Å². The van der Waals surface area contributed by atoms with E-state index in [9.17, 15) is 19.2 Å². The van der Waals surface area contributed by atoms with Gasteiger partial charge in [-0.2, -0.15) is 0 Å². The Bertz CT molecular complexity index is 767. The minimum atomic E-state index is -1.75. The second kappa shape index (κ2) is 10.9. The zero-order chi connectivity index (χ0) is 23.0. The van der Waals surface area contributed by atoms with Gasteiger partial charge in [-0.3, -0.25) is 14.4 Å². The molecule has 0 amide bonds. The Morgan fingerprint density at radius 2 is 1.52 bits per heavy atom. The average molecular weight is 434 g/mol. The van der Waals surface area contributed by atoms with E-state index in [0.717, 1.165) is 0 Å². The monoisotopic (exact) mass is 434 g/mol. The summed E-state index contributed by atoms with van der Waals surface area (Å²) < 4.78 is 20.8. The summed E-state index contributed by atoms with van der Waals surface area (Å²) in [7, 11) is 1.52. The molecule has 0 unspecified atom stereocenters. The number of benzene rings is 1. The molecule has 1 aromatic rings. The quantitative estimate of drug-likeness (QED) is 0.240. The minimum Gasteiger partial charge on any atom is -0.497 e. The normalized spacial score (nSPS) is 21.7. The van der Waals surface area contributed by atoms with Crippen molar-refractivity contribution in [1.29, 1.82) is 0 Å². The van der Waals surface area contributed by atoms with Gasteiger partial charge >= 0.3 is 17.9 Å². The van der Waals surface area contributed by atoms with Crippen LogP contribution < -0.4 is 4.74 Å². The predicted molar refractivity (Wildman–Crippen MR) is 110 cm³/mol. The van der Waals surface area contributed by atoms with E-state index >= 15 is 0 Å². The molecule has 3 atom stereocenters. The molecule has 0 saturated heterocycles. The molecule has 1 aromatic carbocycles. The van der Waals surface area contributed by atoms with Crippen molar-refractivity contribution >= 4 is 24.2 Å². The van der Waals surface area contributed by atoms with Crippen LogP contribution >= 0.6 is 0 Å². The Balaban J connectivity index is 2.64. The molecule has 1 saturated carbocycles. The van der Waals surface area contributed by atoms with Crippen LogP contribution in [0.2, 0.25) is 0 Å². The Labute approximate surface area is 182 Å². The number of aldehydes is 1. The number of esters is 3. The van der Waals surface area contributed by atoms with Crippen LogP contribution in [0.4, 0.5) is 0 Å². The van der Waals surface area contributed by atoms with Gasteiger partial charge in [0.05, 0.1) is 26.9 Å². The highest BCUT2D eigenvalue weighted by molar-refractivity contribution is 6.02. The van der Waals surface area contributed by atoms with Gasteiger partial charge in [-0.15, -0.1) is 0 Å². The van der Waals surface area contributed by atoms with Crippen LogP contribution in [-0.4, -0.2) is 51.1 Å². The number of rotatable bonds is 10. The minimum absolute atomic E-state index is 0.0520. The molecule has 8 nitrogen and oxygen atoms in total. The van der Waals surface area contributed by atoms with E-state index in [4.69, 9.17) is 18.9 Å². The molecule has 0 heterocycles. The highest BCUT2D eigenvalue weighted by atomic mass is 16.6. The summed E-state index contributed by atoms with van der Waals surface area (Å²) in [5, 5.41) is 0. The molecular formula is C23H30O8. The number of ether oxygens (including phenoxy) is 4. The fraction of sp³-hybridized carbons (Fsp3) is 0.565. The van der Waals surface area contributed by atoms with Crippen molar-refractivity contribution in [3.63, 3.8) is 0 Å². The van der Waals surface area contributed by atoms with Gasteiger partial charge < -0.3 is 23.7 Å². The zero-order valence-electron chi connectivity index (χ0n) is 18.4. The topological polar surface area (TPSA) is 105 Å². The van der Waals surface area contributed by atoms with Gasteiger partial charge in [0, 0.05) is 18.3 Å². The highest BCUT2D eigenvalue weighted by Gasteiger charge is 2.64. The molecule has 0 spiro atoms. The van der Waals surface area contributed by atoms with Gasteiger partial charge in [0.15, 0.2) is 5.41 Å². The number of carbonyl (C=O) groups excluding carboxylic acids is 4. The molecule has 1 fully saturated rings.